The Hall–Kier alpha value is 0.639. The predicted molar refractivity (Wildman–Crippen MR) is 103 cm³/mol. The molecule has 5 heteroatoms. The van der Waals surface area contributed by atoms with Gasteiger partial charge in [-0.3, -0.25) is 0 Å². The molecule has 0 radical (unpaired) electrons. The maximum absolute atomic E-state index is 10.5. The van der Waals surface area contributed by atoms with Gasteiger partial charge in [0.1, 0.15) is 0 Å². The van der Waals surface area contributed by atoms with Gasteiger partial charge in [0.2, 0.25) is 0 Å². The first-order valence-corrected chi connectivity index (χ1v) is 9.06. The van der Waals surface area contributed by atoms with Crippen molar-refractivity contribution >= 4 is 23.9 Å². The quantitative estimate of drug-likeness (QED) is 0.590. The molecule has 0 heterocycles. The van der Waals surface area contributed by atoms with Crippen LogP contribution in [0.4, 0.5) is 0 Å². The van der Waals surface area contributed by atoms with E-state index in [0.717, 1.165) is 0 Å². The molecule has 0 N–H and O–H groups in total. The zero-order valence-electron chi connectivity index (χ0n) is 19.0. The predicted octanol–water partition coefficient (Wildman–Crippen LogP) is 1.76. The minimum absolute atomic E-state index is 0. The van der Waals surface area contributed by atoms with Crippen molar-refractivity contribution in [3.05, 3.63) is 0 Å². The van der Waals surface area contributed by atoms with Crippen LogP contribution in [0.2, 0.25) is 0 Å². The van der Waals surface area contributed by atoms with E-state index in [2.05, 4.69) is 0 Å². The first-order valence-electron chi connectivity index (χ1n) is 9.06. The molecule has 0 aromatic rings. The maximum atomic E-state index is 10.5. The minimum atomic E-state index is -0.708. The minimum Gasteiger partial charge on any atom is -0.850 e. The molecule has 0 saturated heterocycles. The molecule has 0 aromatic carbocycles. The van der Waals surface area contributed by atoms with E-state index >= 15 is 0 Å². The van der Waals surface area contributed by atoms with Crippen LogP contribution in [0.15, 0.2) is 0 Å². The van der Waals surface area contributed by atoms with Crippen molar-refractivity contribution < 1.29 is 20.4 Å². The molecule has 152 valence electrons. The second-order valence-corrected chi connectivity index (χ2v) is 8.45. The molecule has 0 atom stereocenters. The monoisotopic (exact) mass is 468 g/mol. The molecule has 4 nitrogen and oxygen atoms in total. The van der Waals surface area contributed by atoms with Crippen LogP contribution in [-0.4, -0.2) is 46.3 Å². The molecular formula is C20H44O4Sn. The third-order valence-electron chi connectivity index (χ3n) is 3.41. The maximum Gasteiger partial charge on any atom is 4.00 e. The Morgan fingerprint density at radius 3 is 0.440 bits per heavy atom. The van der Waals surface area contributed by atoms with E-state index in [-0.39, 0.29) is 23.9 Å². The van der Waals surface area contributed by atoms with Gasteiger partial charge >= 0.3 is 23.9 Å². The zero-order chi connectivity index (χ0) is 20.8. The molecule has 0 aliphatic heterocycles. The fraction of sp³-hybridized carbons (Fsp3) is 1.00. The van der Waals surface area contributed by atoms with Gasteiger partial charge in [0.25, 0.3) is 0 Å². The third kappa shape index (κ3) is 79.1. The van der Waals surface area contributed by atoms with Gasteiger partial charge in [0, 0.05) is 0 Å². The van der Waals surface area contributed by atoms with Gasteiger partial charge in [0.05, 0.1) is 0 Å². The second kappa shape index (κ2) is 16.8. The van der Waals surface area contributed by atoms with Gasteiger partial charge in [-0.2, -0.15) is 0 Å². The number of hydrogen-bond donors (Lipinski definition) is 0. The molecule has 0 fully saturated rings. The SMILES string of the molecule is CCC(C)(C)[O-].CCC(C)(C)[O-].CCC(C)(C)[O-].CCC(C)(C)[O-].[Sn+4]. The largest absolute Gasteiger partial charge is 4.00 e. The molecule has 0 bridgehead atoms. The van der Waals surface area contributed by atoms with E-state index in [0.29, 0.717) is 25.7 Å². The summed E-state index contributed by atoms with van der Waals surface area (Å²) >= 11 is 0. The Morgan fingerprint density at radius 2 is 0.440 bits per heavy atom. The van der Waals surface area contributed by atoms with E-state index in [4.69, 9.17) is 0 Å². The summed E-state index contributed by atoms with van der Waals surface area (Å²) in [7, 11) is 0. The molecule has 25 heavy (non-hydrogen) atoms. The van der Waals surface area contributed by atoms with E-state index in [1.807, 2.05) is 27.7 Å². The van der Waals surface area contributed by atoms with E-state index in [9.17, 15) is 20.4 Å². The van der Waals surface area contributed by atoms with E-state index in [1.54, 1.807) is 55.4 Å². The van der Waals surface area contributed by atoms with Crippen LogP contribution in [0.3, 0.4) is 0 Å². The molecule has 0 aromatic heterocycles. The zero-order valence-corrected chi connectivity index (χ0v) is 21.8. The Kier molecular flexibility index (Phi) is 24.5. The van der Waals surface area contributed by atoms with Crippen molar-refractivity contribution in [1.82, 2.24) is 0 Å². The smallest absolute Gasteiger partial charge is 0.850 e. The molecule has 0 saturated carbocycles. The van der Waals surface area contributed by atoms with Gasteiger partial charge in [-0.05, 0) is 0 Å². The number of hydrogen-bond acceptors (Lipinski definition) is 4. The average molecular weight is 467 g/mol. The molecule has 0 amide bonds. The summed E-state index contributed by atoms with van der Waals surface area (Å²) in [6, 6.07) is 0. The topological polar surface area (TPSA) is 92.2 Å². The Labute approximate surface area is 175 Å². The first kappa shape index (κ1) is 36.5. The van der Waals surface area contributed by atoms with Crippen molar-refractivity contribution in [1.29, 1.82) is 0 Å². The molecule has 0 aliphatic rings. The molecule has 0 aliphatic carbocycles. The van der Waals surface area contributed by atoms with Crippen LogP contribution in [0, 0.1) is 0 Å². The van der Waals surface area contributed by atoms with Crippen LogP contribution in [0.1, 0.15) is 109 Å². The summed E-state index contributed by atoms with van der Waals surface area (Å²) in [5.74, 6) is 0. The van der Waals surface area contributed by atoms with Crippen LogP contribution in [0.25, 0.3) is 0 Å². The second-order valence-electron chi connectivity index (χ2n) is 8.45. The molecule has 0 unspecified atom stereocenters. The fourth-order valence-corrected chi connectivity index (χ4v) is 0. The Bertz CT molecular complexity index is 197. The Balaban J connectivity index is -0.0000000702. The van der Waals surface area contributed by atoms with Crippen LogP contribution in [0.5, 0.6) is 0 Å². The standard InChI is InChI=1S/4C5H11O.Sn/c4*1-4-5(2,3)6;/h4*4H2,1-3H3;/q4*-1;+4. The summed E-state index contributed by atoms with van der Waals surface area (Å²) in [6.45, 7) is 21.1. The first-order chi connectivity index (χ1) is 10.2. The summed E-state index contributed by atoms with van der Waals surface area (Å²) < 4.78 is 0. The van der Waals surface area contributed by atoms with Crippen molar-refractivity contribution in [2.24, 2.45) is 0 Å². The molecular weight excluding hydrogens is 423 g/mol. The van der Waals surface area contributed by atoms with E-state index in [1.165, 1.54) is 0 Å². The summed E-state index contributed by atoms with van der Waals surface area (Å²) in [4.78, 5) is 0. The van der Waals surface area contributed by atoms with E-state index < -0.39 is 22.4 Å². The van der Waals surface area contributed by atoms with Crippen molar-refractivity contribution in [2.75, 3.05) is 0 Å². The van der Waals surface area contributed by atoms with Gasteiger partial charge in [-0.1, -0.05) is 109 Å². The van der Waals surface area contributed by atoms with Crippen molar-refractivity contribution in [3.63, 3.8) is 0 Å². The third-order valence-corrected chi connectivity index (χ3v) is 3.41. The van der Waals surface area contributed by atoms with Crippen LogP contribution >= 0.6 is 0 Å². The van der Waals surface area contributed by atoms with Gasteiger partial charge in [-0.15, -0.1) is 22.4 Å². The number of rotatable bonds is 4. The van der Waals surface area contributed by atoms with Crippen molar-refractivity contribution in [3.8, 4) is 0 Å². The van der Waals surface area contributed by atoms with Crippen molar-refractivity contribution in [2.45, 2.75) is 131 Å². The van der Waals surface area contributed by atoms with Gasteiger partial charge < -0.3 is 20.4 Å². The van der Waals surface area contributed by atoms with Crippen LogP contribution < -0.4 is 20.4 Å². The molecule has 0 rings (SSSR count). The summed E-state index contributed by atoms with van der Waals surface area (Å²) in [5, 5.41) is 41.9. The normalized spacial score (nSPS) is 11.5. The molecule has 0 spiro atoms. The Morgan fingerprint density at radius 1 is 0.400 bits per heavy atom. The van der Waals surface area contributed by atoms with Gasteiger partial charge in [0.15, 0.2) is 0 Å². The fourth-order valence-electron chi connectivity index (χ4n) is 0. The van der Waals surface area contributed by atoms with Gasteiger partial charge in [-0.25, -0.2) is 0 Å². The summed E-state index contributed by atoms with van der Waals surface area (Å²) in [6.07, 6.45) is 2.86. The summed E-state index contributed by atoms with van der Waals surface area (Å²) in [5.41, 5.74) is -2.83. The average Bonchev–Trinajstić information content (AvgIpc) is 2.37. The van der Waals surface area contributed by atoms with Crippen LogP contribution in [-0.2, 0) is 0 Å².